The summed E-state index contributed by atoms with van der Waals surface area (Å²) in [6.07, 6.45) is 2.46. The summed E-state index contributed by atoms with van der Waals surface area (Å²) in [4.78, 5) is 2.37. The minimum Gasteiger partial charge on any atom is -0.368 e. The summed E-state index contributed by atoms with van der Waals surface area (Å²) in [6.45, 7) is 6.12. The molecule has 2 unspecified atom stereocenters. The quantitative estimate of drug-likeness (QED) is 0.886. The molecule has 1 aromatic carbocycles. The number of hydrogen-bond acceptors (Lipinski definition) is 2. The molecular formula is C15H23FN2. The molecule has 2 atom stereocenters. The summed E-state index contributed by atoms with van der Waals surface area (Å²) in [5.41, 5.74) is 1.85. The van der Waals surface area contributed by atoms with Crippen LogP contribution in [0.1, 0.15) is 32.3 Å². The van der Waals surface area contributed by atoms with Gasteiger partial charge in [0.25, 0.3) is 0 Å². The molecule has 18 heavy (non-hydrogen) atoms. The number of halogens is 1. The molecular weight excluding hydrogens is 227 g/mol. The average molecular weight is 250 g/mol. The number of nitrogens with zero attached hydrogens (tertiary/aromatic N) is 1. The zero-order chi connectivity index (χ0) is 13.1. The van der Waals surface area contributed by atoms with Crippen molar-refractivity contribution in [3.05, 3.63) is 29.6 Å². The topological polar surface area (TPSA) is 15.3 Å². The van der Waals surface area contributed by atoms with Crippen LogP contribution in [0.3, 0.4) is 0 Å². The van der Waals surface area contributed by atoms with Crippen molar-refractivity contribution in [1.29, 1.82) is 0 Å². The molecule has 1 saturated heterocycles. The predicted molar refractivity (Wildman–Crippen MR) is 74.4 cm³/mol. The third-order valence-electron chi connectivity index (χ3n) is 3.87. The van der Waals surface area contributed by atoms with Crippen LogP contribution in [-0.4, -0.2) is 19.6 Å². The van der Waals surface area contributed by atoms with Crippen LogP contribution in [0.4, 0.5) is 10.1 Å². The summed E-state index contributed by atoms with van der Waals surface area (Å²) in [6, 6.07) is 5.91. The van der Waals surface area contributed by atoms with Crippen molar-refractivity contribution in [3.8, 4) is 0 Å². The summed E-state index contributed by atoms with van der Waals surface area (Å²) in [5, 5.41) is 3.06. The van der Waals surface area contributed by atoms with Crippen molar-refractivity contribution < 1.29 is 4.39 Å². The maximum Gasteiger partial charge on any atom is 0.129 e. The van der Waals surface area contributed by atoms with Gasteiger partial charge in [0, 0.05) is 30.4 Å². The molecule has 0 bridgehead atoms. The van der Waals surface area contributed by atoms with Crippen LogP contribution in [0.25, 0.3) is 0 Å². The van der Waals surface area contributed by atoms with Gasteiger partial charge in [0.15, 0.2) is 0 Å². The molecule has 1 N–H and O–H groups in total. The normalized spacial score (nSPS) is 24.3. The SMILES string of the molecule is CNCc1c(F)cccc1N1CC(C)CCC1C. The van der Waals surface area contributed by atoms with E-state index in [1.54, 1.807) is 6.07 Å². The van der Waals surface area contributed by atoms with Crippen LogP contribution in [-0.2, 0) is 6.54 Å². The molecule has 0 radical (unpaired) electrons. The molecule has 1 aliphatic heterocycles. The van der Waals surface area contributed by atoms with Crippen molar-refractivity contribution in [3.63, 3.8) is 0 Å². The average Bonchev–Trinajstić information content (AvgIpc) is 2.35. The molecule has 100 valence electrons. The molecule has 2 rings (SSSR count). The number of benzene rings is 1. The lowest BCUT2D eigenvalue weighted by atomic mass is 9.93. The van der Waals surface area contributed by atoms with Crippen LogP contribution in [0.5, 0.6) is 0 Å². The number of anilines is 1. The van der Waals surface area contributed by atoms with E-state index in [1.165, 1.54) is 12.8 Å². The van der Waals surface area contributed by atoms with E-state index in [2.05, 4.69) is 24.1 Å². The Labute approximate surface area is 109 Å². The fraction of sp³-hybridized carbons (Fsp3) is 0.600. The zero-order valence-electron chi connectivity index (χ0n) is 11.5. The standard InChI is InChI=1S/C15H23FN2/c1-11-7-8-12(2)18(10-11)15-6-4-5-14(16)13(15)9-17-3/h4-6,11-12,17H,7-10H2,1-3H3. The fourth-order valence-corrected chi connectivity index (χ4v) is 2.79. The maximum absolute atomic E-state index is 13.9. The van der Waals surface area contributed by atoms with Crippen LogP contribution >= 0.6 is 0 Å². The van der Waals surface area contributed by atoms with E-state index in [0.29, 0.717) is 18.5 Å². The molecule has 0 aliphatic carbocycles. The Morgan fingerprint density at radius 1 is 1.33 bits per heavy atom. The van der Waals surface area contributed by atoms with Crippen molar-refractivity contribution in [2.24, 2.45) is 5.92 Å². The Bertz CT molecular complexity index is 405. The predicted octanol–water partition coefficient (Wildman–Crippen LogP) is 3.17. The van der Waals surface area contributed by atoms with Gasteiger partial charge in [-0.3, -0.25) is 0 Å². The number of rotatable bonds is 3. The Morgan fingerprint density at radius 2 is 2.11 bits per heavy atom. The van der Waals surface area contributed by atoms with Crippen LogP contribution in [0.15, 0.2) is 18.2 Å². The first kappa shape index (κ1) is 13.3. The second kappa shape index (κ2) is 5.70. The third-order valence-corrected chi connectivity index (χ3v) is 3.87. The van der Waals surface area contributed by atoms with Crippen molar-refractivity contribution >= 4 is 5.69 Å². The van der Waals surface area contributed by atoms with Crippen molar-refractivity contribution in [2.75, 3.05) is 18.5 Å². The van der Waals surface area contributed by atoms with E-state index in [9.17, 15) is 4.39 Å². The van der Waals surface area contributed by atoms with Gasteiger partial charge in [-0.25, -0.2) is 4.39 Å². The molecule has 1 heterocycles. The second-order valence-corrected chi connectivity index (χ2v) is 5.45. The Hall–Kier alpha value is -1.09. The molecule has 2 nitrogen and oxygen atoms in total. The van der Waals surface area contributed by atoms with Crippen LogP contribution < -0.4 is 10.2 Å². The highest BCUT2D eigenvalue weighted by molar-refractivity contribution is 5.55. The number of piperidine rings is 1. The van der Waals surface area contributed by atoms with Gasteiger partial charge in [-0.1, -0.05) is 13.0 Å². The van der Waals surface area contributed by atoms with Crippen LogP contribution in [0, 0.1) is 11.7 Å². The molecule has 0 spiro atoms. The lowest BCUT2D eigenvalue weighted by molar-refractivity contribution is 0.389. The van der Waals surface area contributed by atoms with Gasteiger partial charge in [0.05, 0.1) is 0 Å². The van der Waals surface area contributed by atoms with Gasteiger partial charge in [-0.2, -0.15) is 0 Å². The monoisotopic (exact) mass is 250 g/mol. The zero-order valence-corrected chi connectivity index (χ0v) is 11.5. The van der Waals surface area contributed by atoms with Gasteiger partial charge in [-0.05, 0) is 44.9 Å². The van der Waals surface area contributed by atoms with Gasteiger partial charge in [-0.15, -0.1) is 0 Å². The highest BCUT2D eigenvalue weighted by Gasteiger charge is 2.25. The summed E-state index contributed by atoms with van der Waals surface area (Å²) >= 11 is 0. The van der Waals surface area contributed by atoms with E-state index in [4.69, 9.17) is 0 Å². The number of hydrogen-bond donors (Lipinski definition) is 1. The molecule has 3 heteroatoms. The molecule has 0 aromatic heterocycles. The lowest BCUT2D eigenvalue weighted by Gasteiger charge is -2.39. The van der Waals surface area contributed by atoms with E-state index in [-0.39, 0.29) is 5.82 Å². The molecule has 0 amide bonds. The summed E-state index contributed by atoms with van der Waals surface area (Å²) in [7, 11) is 1.86. The van der Waals surface area contributed by atoms with Gasteiger partial charge >= 0.3 is 0 Å². The fourth-order valence-electron chi connectivity index (χ4n) is 2.79. The van der Waals surface area contributed by atoms with Gasteiger partial charge in [0.1, 0.15) is 5.82 Å². The highest BCUT2D eigenvalue weighted by atomic mass is 19.1. The summed E-state index contributed by atoms with van der Waals surface area (Å²) in [5.74, 6) is 0.583. The lowest BCUT2D eigenvalue weighted by Crippen LogP contribution is -2.41. The van der Waals surface area contributed by atoms with Crippen molar-refractivity contribution in [2.45, 2.75) is 39.3 Å². The Balaban J connectivity index is 2.33. The van der Waals surface area contributed by atoms with Crippen molar-refractivity contribution in [1.82, 2.24) is 5.32 Å². The van der Waals surface area contributed by atoms with E-state index in [1.807, 2.05) is 19.2 Å². The number of nitrogens with one attached hydrogen (secondary N) is 1. The largest absolute Gasteiger partial charge is 0.368 e. The molecule has 1 aromatic rings. The Morgan fingerprint density at radius 3 is 2.83 bits per heavy atom. The van der Waals surface area contributed by atoms with Gasteiger partial charge in [0.2, 0.25) is 0 Å². The van der Waals surface area contributed by atoms with E-state index in [0.717, 1.165) is 17.8 Å². The first-order valence-corrected chi connectivity index (χ1v) is 6.82. The third kappa shape index (κ3) is 2.66. The van der Waals surface area contributed by atoms with Gasteiger partial charge < -0.3 is 10.2 Å². The smallest absolute Gasteiger partial charge is 0.129 e. The first-order chi connectivity index (χ1) is 8.63. The molecule has 1 fully saturated rings. The highest BCUT2D eigenvalue weighted by Crippen LogP contribution is 2.31. The minimum atomic E-state index is -0.104. The Kier molecular flexibility index (Phi) is 4.23. The minimum absolute atomic E-state index is 0.104. The van der Waals surface area contributed by atoms with E-state index >= 15 is 0 Å². The van der Waals surface area contributed by atoms with E-state index < -0.39 is 0 Å². The second-order valence-electron chi connectivity index (χ2n) is 5.45. The summed E-state index contributed by atoms with van der Waals surface area (Å²) < 4.78 is 13.9. The maximum atomic E-state index is 13.9. The van der Waals surface area contributed by atoms with Crippen LogP contribution in [0.2, 0.25) is 0 Å². The first-order valence-electron chi connectivity index (χ1n) is 6.82. The molecule has 0 saturated carbocycles. The molecule has 1 aliphatic rings.